The second-order valence-corrected chi connectivity index (χ2v) is 5.66. The Morgan fingerprint density at radius 3 is 2.79 bits per heavy atom. The molecule has 2 rings (SSSR count). The molecule has 0 aliphatic carbocycles. The number of hydrogen-bond acceptors (Lipinski definition) is 5. The van der Waals surface area contributed by atoms with Gasteiger partial charge in [0.25, 0.3) is 0 Å². The summed E-state index contributed by atoms with van der Waals surface area (Å²) >= 11 is 0. The van der Waals surface area contributed by atoms with Crippen molar-refractivity contribution in [3.05, 3.63) is 11.9 Å². The van der Waals surface area contributed by atoms with Crippen molar-refractivity contribution in [2.75, 3.05) is 26.7 Å². The van der Waals surface area contributed by atoms with Crippen molar-refractivity contribution < 1.29 is 4.79 Å². The first-order valence-electron chi connectivity index (χ1n) is 6.50. The van der Waals surface area contributed by atoms with E-state index in [1.54, 1.807) is 10.9 Å². The zero-order valence-corrected chi connectivity index (χ0v) is 11.8. The molecule has 0 aromatic carbocycles. The van der Waals surface area contributed by atoms with Crippen molar-refractivity contribution in [1.29, 1.82) is 0 Å². The van der Waals surface area contributed by atoms with Gasteiger partial charge >= 0.3 is 0 Å². The number of nitrogens with zero attached hydrogens (tertiary/aromatic N) is 5. The normalized spacial score (nSPS) is 19.7. The van der Waals surface area contributed by atoms with E-state index >= 15 is 0 Å². The Kier molecular flexibility index (Phi) is 3.86. The lowest BCUT2D eigenvalue weighted by Crippen LogP contribution is -2.59. The lowest BCUT2D eigenvalue weighted by atomic mass is 10.00. The molecule has 1 fully saturated rings. The highest BCUT2D eigenvalue weighted by Crippen LogP contribution is 2.18. The average molecular weight is 266 g/mol. The average Bonchev–Trinajstić information content (AvgIpc) is 2.80. The quantitative estimate of drug-likeness (QED) is 0.781. The molecule has 0 atom stereocenters. The summed E-state index contributed by atoms with van der Waals surface area (Å²) in [6.07, 6.45) is 1.72. The molecule has 1 aromatic rings. The predicted molar refractivity (Wildman–Crippen MR) is 71.2 cm³/mol. The van der Waals surface area contributed by atoms with Crippen LogP contribution < -0.4 is 5.73 Å². The van der Waals surface area contributed by atoms with Crippen LogP contribution in [0.25, 0.3) is 0 Å². The molecule has 1 saturated heterocycles. The van der Waals surface area contributed by atoms with Gasteiger partial charge in [-0.1, -0.05) is 5.21 Å². The molecule has 7 nitrogen and oxygen atoms in total. The Bertz CT molecular complexity index is 455. The van der Waals surface area contributed by atoms with Gasteiger partial charge in [0.05, 0.1) is 11.9 Å². The zero-order chi connectivity index (χ0) is 14.0. The minimum absolute atomic E-state index is 0.0126. The maximum Gasteiger partial charge on any atom is 0.244 e. The number of carbonyl (C=O) groups excluding carboxylic acids is 1. The summed E-state index contributed by atoms with van der Waals surface area (Å²) in [4.78, 5) is 16.4. The van der Waals surface area contributed by atoms with E-state index in [0.717, 1.165) is 19.6 Å². The predicted octanol–water partition coefficient (Wildman–Crippen LogP) is -0.711. The molecule has 0 unspecified atom stereocenters. The molecule has 2 heterocycles. The summed E-state index contributed by atoms with van der Waals surface area (Å²) in [6, 6.07) is 0. The Balaban J connectivity index is 1.97. The van der Waals surface area contributed by atoms with Crippen LogP contribution in [0.5, 0.6) is 0 Å². The second-order valence-electron chi connectivity index (χ2n) is 5.66. The van der Waals surface area contributed by atoms with Crippen LogP contribution >= 0.6 is 0 Å². The van der Waals surface area contributed by atoms with Crippen LogP contribution in [0.3, 0.4) is 0 Å². The van der Waals surface area contributed by atoms with Crippen molar-refractivity contribution in [3.8, 4) is 0 Å². The van der Waals surface area contributed by atoms with Crippen molar-refractivity contribution in [1.82, 2.24) is 24.8 Å². The third kappa shape index (κ3) is 3.10. The Morgan fingerprint density at radius 2 is 2.21 bits per heavy atom. The number of piperazine rings is 1. The number of nitrogens with two attached hydrogens (primary N) is 1. The van der Waals surface area contributed by atoms with Gasteiger partial charge in [-0.3, -0.25) is 9.69 Å². The van der Waals surface area contributed by atoms with Gasteiger partial charge in [0.2, 0.25) is 5.91 Å². The summed E-state index contributed by atoms with van der Waals surface area (Å²) in [6.45, 7) is 7.26. The van der Waals surface area contributed by atoms with Crippen LogP contribution in [-0.4, -0.2) is 62.9 Å². The lowest BCUT2D eigenvalue weighted by molar-refractivity contribution is -0.136. The molecule has 0 radical (unpaired) electrons. The topological polar surface area (TPSA) is 80.3 Å². The van der Waals surface area contributed by atoms with Crippen LogP contribution in [-0.2, 0) is 17.9 Å². The molecule has 1 amide bonds. The number of aromatic nitrogens is 3. The van der Waals surface area contributed by atoms with Gasteiger partial charge in [0.1, 0.15) is 6.54 Å². The monoisotopic (exact) mass is 266 g/mol. The van der Waals surface area contributed by atoms with Gasteiger partial charge in [-0.25, -0.2) is 4.68 Å². The van der Waals surface area contributed by atoms with E-state index in [4.69, 9.17) is 5.73 Å². The molecule has 0 saturated carbocycles. The molecule has 106 valence electrons. The van der Waals surface area contributed by atoms with Crippen molar-refractivity contribution >= 4 is 5.91 Å². The number of likely N-dealkylation sites (N-methyl/N-ethyl adjacent to an activating group) is 1. The zero-order valence-electron chi connectivity index (χ0n) is 11.8. The molecule has 0 bridgehead atoms. The van der Waals surface area contributed by atoms with Crippen LogP contribution in [0.1, 0.15) is 19.5 Å². The lowest BCUT2D eigenvalue weighted by Gasteiger charge is -2.45. The maximum absolute atomic E-state index is 12.2. The van der Waals surface area contributed by atoms with Crippen molar-refractivity contribution in [2.24, 2.45) is 5.73 Å². The molecule has 0 spiro atoms. The fraction of sp³-hybridized carbons (Fsp3) is 0.750. The molecule has 1 aliphatic heterocycles. The first kappa shape index (κ1) is 14.0. The summed E-state index contributed by atoms with van der Waals surface area (Å²) in [7, 11) is 2.09. The smallest absolute Gasteiger partial charge is 0.244 e. The highest BCUT2D eigenvalue weighted by atomic mass is 16.2. The minimum Gasteiger partial charge on any atom is -0.338 e. The van der Waals surface area contributed by atoms with E-state index in [9.17, 15) is 4.79 Å². The highest BCUT2D eigenvalue weighted by molar-refractivity contribution is 5.76. The Labute approximate surface area is 113 Å². The Morgan fingerprint density at radius 1 is 1.47 bits per heavy atom. The number of rotatable bonds is 3. The second kappa shape index (κ2) is 5.26. The van der Waals surface area contributed by atoms with E-state index in [-0.39, 0.29) is 18.0 Å². The third-order valence-corrected chi connectivity index (χ3v) is 3.76. The standard InChI is InChI=1S/C12H22N6O/c1-12(2)9-17(5-4-16(12)3)11(19)8-18-7-10(6-13)14-15-18/h7H,4-6,8-9,13H2,1-3H3. The summed E-state index contributed by atoms with van der Waals surface area (Å²) in [5.74, 6) is 0.0784. The largest absolute Gasteiger partial charge is 0.338 e. The number of hydrogen-bond donors (Lipinski definition) is 1. The van der Waals surface area contributed by atoms with E-state index in [2.05, 4.69) is 36.1 Å². The first-order chi connectivity index (χ1) is 8.92. The van der Waals surface area contributed by atoms with E-state index in [1.165, 1.54) is 0 Å². The molecule has 19 heavy (non-hydrogen) atoms. The van der Waals surface area contributed by atoms with Gasteiger partial charge in [-0.2, -0.15) is 0 Å². The van der Waals surface area contributed by atoms with Gasteiger partial charge in [0.15, 0.2) is 0 Å². The van der Waals surface area contributed by atoms with Gasteiger partial charge in [-0.15, -0.1) is 5.10 Å². The molecule has 1 aromatic heterocycles. The van der Waals surface area contributed by atoms with E-state index in [1.807, 2.05) is 4.90 Å². The molecule has 2 N–H and O–H groups in total. The third-order valence-electron chi connectivity index (χ3n) is 3.76. The SMILES string of the molecule is CN1CCN(C(=O)Cn2cc(CN)nn2)CC1(C)C. The Hall–Kier alpha value is -1.47. The molecule has 7 heteroatoms. The fourth-order valence-electron chi connectivity index (χ4n) is 2.20. The first-order valence-corrected chi connectivity index (χ1v) is 6.50. The van der Waals surface area contributed by atoms with Gasteiger partial charge < -0.3 is 10.6 Å². The fourth-order valence-corrected chi connectivity index (χ4v) is 2.20. The minimum atomic E-state index is 0.0126. The highest BCUT2D eigenvalue weighted by Gasteiger charge is 2.33. The van der Waals surface area contributed by atoms with Crippen LogP contribution in [0.15, 0.2) is 6.20 Å². The van der Waals surface area contributed by atoms with Crippen molar-refractivity contribution in [2.45, 2.75) is 32.5 Å². The van der Waals surface area contributed by atoms with E-state index < -0.39 is 0 Å². The molecular weight excluding hydrogens is 244 g/mol. The molecule has 1 aliphatic rings. The number of carbonyl (C=O) groups is 1. The molecular formula is C12H22N6O. The van der Waals surface area contributed by atoms with Crippen LogP contribution in [0.2, 0.25) is 0 Å². The van der Waals surface area contributed by atoms with Gasteiger partial charge in [0, 0.05) is 31.7 Å². The summed E-state index contributed by atoms with van der Waals surface area (Å²) < 4.78 is 1.55. The number of amides is 1. The van der Waals surface area contributed by atoms with Crippen molar-refractivity contribution in [3.63, 3.8) is 0 Å². The summed E-state index contributed by atoms with van der Waals surface area (Å²) in [5.41, 5.74) is 6.18. The van der Waals surface area contributed by atoms with Gasteiger partial charge in [-0.05, 0) is 20.9 Å². The maximum atomic E-state index is 12.2. The van der Waals surface area contributed by atoms with Crippen LogP contribution in [0.4, 0.5) is 0 Å². The van der Waals surface area contributed by atoms with Crippen LogP contribution in [0, 0.1) is 0 Å². The summed E-state index contributed by atoms with van der Waals surface area (Å²) in [5, 5.41) is 7.78. The van der Waals surface area contributed by atoms with E-state index in [0.29, 0.717) is 12.2 Å².